The number of carbonyl (C=O) groups excluding carboxylic acids is 2. The predicted octanol–water partition coefficient (Wildman–Crippen LogP) is 5.64. The summed E-state index contributed by atoms with van der Waals surface area (Å²) < 4.78 is 10.00. The van der Waals surface area contributed by atoms with Crippen molar-refractivity contribution in [2.45, 2.75) is 58.9 Å². The van der Waals surface area contributed by atoms with Gasteiger partial charge in [0.2, 0.25) is 0 Å². The highest BCUT2D eigenvalue weighted by Crippen LogP contribution is 2.27. The highest BCUT2D eigenvalue weighted by molar-refractivity contribution is 6.10. The molecule has 0 aliphatic heterocycles. The third-order valence-electron chi connectivity index (χ3n) is 5.86. The van der Waals surface area contributed by atoms with Gasteiger partial charge in [-0.1, -0.05) is 57.9 Å². The van der Waals surface area contributed by atoms with Crippen LogP contribution in [-0.2, 0) is 14.4 Å². The number of aliphatic carboxylic acids is 1. The smallest absolute Gasteiger partial charge is 0.320 e. The first-order valence-corrected chi connectivity index (χ1v) is 13.6. The molecule has 0 amide bonds. The van der Waals surface area contributed by atoms with Gasteiger partial charge in [-0.15, -0.1) is 0 Å². The molecule has 0 saturated heterocycles. The van der Waals surface area contributed by atoms with Crippen molar-refractivity contribution in [2.24, 2.45) is 5.92 Å². The Bertz CT molecular complexity index is 1110. The Morgan fingerprint density at radius 1 is 0.854 bits per heavy atom. The van der Waals surface area contributed by atoms with Crippen LogP contribution in [0.2, 0.25) is 0 Å². The van der Waals surface area contributed by atoms with Crippen molar-refractivity contribution in [2.75, 3.05) is 20.8 Å². The number of hydrogen-bond donors (Lipinski definition) is 4. The van der Waals surface area contributed by atoms with Crippen LogP contribution in [0.5, 0.6) is 23.0 Å². The molecule has 0 fully saturated rings. The Morgan fingerprint density at radius 3 is 1.73 bits per heavy atom. The largest absolute Gasteiger partial charge is 0.504 e. The quantitative estimate of drug-likeness (QED) is 0.115. The summed E-state index contributed by atoms with van der Waals surface area (Å²) in [6, 6.07) is 8.97. The molecule has 0 spiro atoms. The topological polar surface area (TPSA) is 142 Å². The van der Waals surface area contributed by atoms with Crippen LogP contribution in [-0.4, -0.2) is 59.7 Å². The Hall–Kier alpha value is -4.11. The molecule has 0 aromatic heterocycles. The predicted molar refractivity (Wildman–Crippen MR) is 160 cm³/mol. The van der Waals surface area contributed by atoms with E-state index in [-0.39, 0.29) is 35.5 Å². The second-order valence-corrected chi connectivity index (χ2v) is 9.82. The number of carbonyl (C=O) groups is 3. The number of ketones is 2. The number of phenols is 2. The number of phenolic OH excluding ortho intramolecular Hbond substituents is 2. The summed E-state index contributed by atoms with van der Waals surface area (Å²) in [7, 11) is 2.87. The summed E-state index contributed by atoms with van der Waals surface area (Å²) in [6.45, 7) is 7.05. The molecule has 1 unspecified atom stereocenters. The Kier molecular flexibility index (Phi) is 16.2. The molecular weight excluding hydrogens is 526 g/mol. The van der Waals surface area contributed by atoms with Crippen LogP contribution in [0.1, 0.15) is 64.0 Å². The molecule has 0 radical (unpaired) electrons. The molecule has 2 aromatic rings. The molecule has 9 heteroatoms. The summed E-state index contributed by atoms with van der Waals surface area (Å²) >= 11 is 0. The Balaban J connectivity index is 0.000000509. The lowest BCUT2D eigenvalue weighted by molar-refractivity contribution is -0.140. The van der Waals surface area contributed by atoms with Crippen LogP contribution in [0.3, 0.4) is 0 Å². The van der Waals surface area contributed by atoms with Crippen molar-refractivity contribution in [3.05, 3.63) is 59.7 Å². The molecule has 0 aliphatic carbocycles. The van der Waals surface area contributed by atoms with Crippen molar-refractivity contribution in [3.63, 3.8) is 0 Å². The lowest BCUT2D eigenvalue weighted by Gasteiger charge is -2.16. The van der Waals surface area contributed by atoms with Crippen LogP contribution < -0.4 is 14.8 Å². The number of benzene rings is 2. The standard InChI is InChI=1S/C21H20O6.C11H23NO2/c1-26-20-11-14(5-9-18(20)24)3-7-16(22)13-17(23)8-4-15-6-10-19(25)21(12-15)27-2;1-4-5-6-7-12-10(11(13)14)8-9(2)3/h3-12,24-25H,13H2,1-2H3;9-10,12H,4-8H2,1-3H3,(H,13,14)/b7-3+,8-4+;. The number of hydrogen-bond acceptors (Lipinski definition) is 8. The first-order chi connectivity index (χ1) is 19.5. The summed E-state index contributed by atoms with van der Waals surface area (Å²) in [5.74, 6) is -0.384. The van der Waals surface area contributed by atoms with Crippen molar-refractivity contribution < 1.29 is 39.2 Å². The highest BCUT2D eigenvalue weighted by atomic mass is 16.5. The molecule has 224 valence electrons. The van der Waals surface area contributed by atoms with Crippen LogP contribution >= 0.6 is 0 Å². The lowest BCUT2D eigenvalue weighted by atomic mass is 10.0. The van der Waals surface area contributed by atoms with E-state index in [0.29, 0.717) is 35.0 Å². The first-order valence-electron chi connectivity index (χ1n) is 13.6. The van der Waals surface area contributed by atoms with Crippen molar-refractivity contribution in [1.29, 1.82) is 0 Å². The first kappa shape index (κ1) is 34.9. The number of carboxylic acid groups (broad SMARTS) is 1. The molecule has 1 atom stereocenters. The number of aromatic hydroxyl groups is 2. The minimum atomic E-state index is -0.727. The highest BCUT2D eigenvalue weighted by Gasteiger charge is 2.17. The van der Waals surface area contributed by atoms with Gasteiger partial charge in [-0.25, -0.2) is 0 Å². The molecule has 0 aliphatic rings. The third-order valence-corrected chi connectivity index (χ3v) is 5.86. The second kappa shape index (κ2) is 19.0. The van der Waals surface area contributed by atoms with Crippen molar-refractivity contribution in [3.8, 4) is 23.0 Å². The molecule has 9 nitrogen and oxygen atoms in total. The molecule has 0 saturated carbocycles. The van der Waals surface area contributed by atoms with E-state index in [9.17, 15) is 24.6 Å². The molecule has 4 N–H and O–H groups in total. The van der Waals surface area contributed by atoms with E-state index in [2.05, 4.69) is 12.2 Å². The molecule has 0 bridgehead atoms. The summed E-state index contributed by atoms with van der Waals surface area (Å²) in [5.41, 5.74) is 1.33. The summed E-state index contributed by atoms with van der Waals surface area (Å²) in [5, 5.41) is 31.1. The Labute approximate surface area is 242 Å². The van der Waals surface area contributed by atoms with Gasteiger partial charge in [-0.3, -0.25) is 14.4 Å². The van der Waals surface area contributed by atoms with E-state index in [1.54, 1.807) is 36.4 Å². The van der Waals surface area contributed by atoms with Crippen LogP contribution in [0.25, 0.3) is 12.2 Å². The van der Waals surface area contributed by atoms with Crippen molar-refractivity contribution >= 4 is 29.7 Å². The van der Waals surface area contributed by atoms with Gasteiger partial charge < -0.3 is 30.1 Å². The van der Waals surface area contributed by atoms with Gasteiger partial charge in [0.05, 0.1) is 20.6 Å². The number of unbranched alkanes of at least 4 members (excludes halogenated alkanes) is 2. The number of rotatable bonds is 16. The summed E-state index contributed by atoms with van der Waals surface area (Å²) in [6.07, 6.45) is 9.56. The van der Waals surface area contributed by atoms with Gasteiger partial charge in [0.25, 0.3) is 0 Å². The van der Waals surface area contributed by atoms with Crippen LogP contribution in [0.4, 0.5) is 0 Å². The van der Waals surface area contributed by atoms with E-state index < -0.39 is 5.97 Å². The average Bonchev–Trinajstić information content (AvgIpc) is 2.93. The van der Waals surface area contributed by atoms with Gasteiger partial charge in [-0.05, 0) is 72.8 Å². The fourth-order valence-electron chi connectivity index (χ4n) is 3.66. The van der Waals surface area contributed by atoms with E-state index >= 15 is 0 Å². The van der Waals surface area contributed by atoms with Gasteiger partial charge in [0, 0.05) is 0 Å². The second-order valence-electron chi connectivity index (χ2n) is 9.82. The van der Waals surface area contributed by atoms with E-state index in [1.165, 1.54) is 51.3 Å². The number of carboxylic acids is 1. The summed E-state index contributed by atoms with van der Waals surface area (Å²) in [4.78, 5) is 34.7. The maximum Gasteiger partial charge on any atom is 0.320 e. The number of allylic oxidation sites excluding steroid dienone is 2. The van der Waals surface area contributed by atoms with E-state index in [1.807, 2.05) is 13.8 Å². The van der Waals surface area contributed by atoms with Crippen molar-refractivity contribution in [1.82, 2.24) is 5.32 Å². The van der Waals surface area contributed by atoms with Gasteiger partial charge in [0.15, 0.2) is 34.6 Å². The molecular formula is C32H43NO8. The van der Waals surface area contributed by atoms with E-state index in [4.69, 9.17) is 14.6 Å². The fraction of sp³-hybridized carbons (Fsp3) is 0.406. The maximum absolute atomic E-state index is 11.9. The van der Waals surface area contributed by atoms with Gasteiger partial charge >= 0.3 is 5.97 Å². The molecule has 2 rings (SSSR count). The molecule has 41 heavy (non-hydrogen) atoms. The monoisotopic (exact) mass is 569 g/mol. The van der Waals surface area contributed by atoms with E-state index in [0.717, 1.165) is 13.0 Å². The number of methoxy groups -OCH3 is 2. The minimum absolute atomic E-state index is 0.00662. The van der Waals surface area contributed by atoms with Crippen LogP contribution in [0.15, 0.2) is 48.6 Å². The Morgan fingerprint density at radius 2 is 1.34 bits per heavy atom. The zero-order valence-corrected chi connectivity index (χ0v) is 24.6. The lowest BCUT2D eigenvalue weighted by Crippen LogP contribution is -2.38. The number of nitrogens with one attached hydrogen (secondary N) is 1. The normalized spacial score (nSPS) is 11.8. The molecule has 2 aromatic carbocycles. The van der Waals surface area contributed by atoms with Crippen LogP contribution in [0, 0.1) is 5.92 Å². The third kappa shape index (κ3) is 14.2. The van der Waals surface area contributed by atoms with Gasteiger partial charge in [-0.2, -0.15) is 0 Å². The maximum atomic E-state index is 11.9. The number of ether oxygens (including phenoxy) is 2. The van der Waals surface area contributed by atoms with Gasteiger partial charge in [0.1, 0.15) is 6.04 Å². The zero-order valence-electron chi connectivity index (χ0n) is 24.6. The zero-order chi connectivity index (χ0) is 30.8. The minimum Gasteiger partial charge on any atom is -0.504 e. The average molecular weight is 570 g/mol. The fourth-order valence-corrected chi connectivity index (χ4v) is 3.66. The SMILES string of the molecule is CCCCCNC(CC(C)C)C(=O)O.COc1cc(/C=C/C(=O)CC(=O)/C=C/c2ccc(O)c(OC)c2)ccc1O. The molecule has 0 heterocycles.